The van der Waals surface area contributed by atoms with Crippen molar-refractivity contribution < 1.29 is 8.42 Å². The number of hydrogen-bond donors (Lipinski definition) is 1. The van der Waals surface area contributed by atoms with Crippen molar-refractivity contribution in [3.05, 3.63) is 0 Å². The zero-order chi connectivity index (χ0) is 13.1. The van der Waals surface area contributed by atoms with Crippen molar-refractivity contribution in [2.24, 2.45) is 23.7 Å². The molecule has 3 fully saturated rings. The molecular formula is C14H25NO2S. The monoisotopic (exact) mass is 271 g/mol. The van der Waals surface area contributed by atoms with Gasteiger partial charge in [-0.05, 0) is 63.7 Å². The first-order valence-electron chi connectivity index (χ1n) is 7.27. The molecule has 0 radical (unpaired) electrons. The van der Waals surface area contributed by atoms with Gasteiger partial charge in [0.05, 0.1) is 10.5 Å². The molecule has 3 rings (SSSR count). The second-order valence-electron chi connectivity index (χ2n) is 7.40. The van der Waals surface area contributed by atoms with E-state index in [1.807, 2.05) is 0 Å². The molecule has 0 aliphatic heterocycles. The highest BCUT2D eigenvalue weighted by Gasteiger charge is 2.64. The van der Waals surface area contributed by atoms with Crippen LogP contribution in [-0.2, 0) is 9.84 Å². The highest BCUT2D eigenvalue weighted by molar-refractivity contribution is 7.92. The Hall–Kier alpha value is -0.0900. The Morgan fingerprint density at radius 2 is 1.67 bits per heavy atom. The fraction of sp³-hybridized carbons (Fsp3) is 1.00. The molecule has 3 aliphatic rings. The van der Waals surface area contributed by atoms with Gasteiger partial charge in [-0.2, -0.15) is 0 Å². The van der Waals surface area contributed by atoms with E-state index in [0.29, 0.717) is 12.6 Å². The minimum absolute atomic E-state index is 0.280. The van der Waals surface area contributed by atoms with Crippen molar-refractivity contribution in [1.29, 1.82) is 0 Å². The summed E-state index contributed by atoms with van der Waals surface area (Å²) in [6.07, 6.45) is 4.29. The van der Waals surface area contributed by atoms with Crippen LogP contribution in [0, 0.1) is 23.7 Å². The van der Waals surface area contributed by atoms with Crippen LogP contribution in [0.15, 0.2) is 0 Å². The summed E-state index contributed by atoms with van der Waals surface area (Å²) in [6.45, 7) is 5.99. The third-order valence-corrected chi connectivity index (χ3v) is 8.03. The van der Waals surface area contributed by atoms with Gasteiger partial charge in [0.2, 0.25) is 0 Å². The van der Waals surface area contributed by atoms with E-state index in [-0.39, 0.29) is 5.75 Å². The standard InChI is InChI=1S/C14H25NO2S/c1-14(2,3)18(16,17)7-6-15-13-11-9-4-5-10(8-9)12(11)13/h9-13,15H,4-8H2,1-3H3. The second-order valence-corrected chi connectivity index (χ2v) is 10.3. The molecule has 3 nitrogen and oxygen atoms in total. The molecule has 0 amide bonds. The lowest BCUT2D eigenvalue weighted by Crippen LogP contribution is -2.36. The molecule has 3 aliphatic carbocycles. The molecule has 0 aromatic heterocycles. The van der Waals surface area contributed by atoms with Gasteiger partial charge in [-0.25, -0.2) is 8.42 Å². The Bertz CT molecular complexity index is 421. The molecule has 4 heteroatoms. The summed E-state index contributed by atoms with van der Waals surface area (Å²) < 4.78 is 23.4. The number of nitrogens with one attached hydrogen (secondary N) is 1. The Balaban J connectivity index is 1.48. The van der Waals surface area contributed by atoms with Crippen LogP contribution in [0.5, 0.6) is 0 Å². The van der Waals surface area contributed by atoms with Crippen LogP contribution in [0.4, 0.5) is 0 Å². The maximum Gasteiger partial charge on any atom is 0.156 e. The zero-order valence-electron chi connectivity index (χ0n) is 11.6. The molecule has 18 heavy (non-hydrogen) atoms. The number of sulfone groups is 1. The van der Waals surface area contributed by atoms with E-state index in [1.54, 1.807) is 20.8 Å². The lowest BCUT2D eigenvalue weighted by Gasteiger charge is -2.19. The molecule has 4 atom stereocenters. The summed E-state index contributed by atoms with van der Waals surface area (Å²) in [5.74, 6) is 3.97. The van der Waals surface area contributed by atoms with Crippen molar-refractivity contribution in [2.75, 3.05) is 12.3 Å². The maximum atomic E-state index is 12.0. The fourth-order valence-corrected chi connectivity index (χ4v) is 5.26. The Kier molecular flexibility index (Phi) is 2.84. The van der Waals surface area contributed by atoms with Crippen LogP contribution in [0.2, 0.25) is 0 Å². The number of hydrogen-bond acceptors (Lipinski definition) is 3. The number of rotatable bonds is 4. The van der Waals surface area contributed by atoms with E-state index < -0.39 is 14.6 Å². The summed E-state index contributed by atoms with van der Waals surface area (Å²) >= 11 is 0. The Morgan fingerprint density at radius 1 is 1.11 bits per heavy atom. The van der Waals surface area contributed by atoms with Crippen molar-refractivity contribution in [3.63, 3.8) is 0 Å². The smallest absolute Gasteiger partial charge is 0.156 e. The zero-order valence-corrected chi connectivity index (χ0v) is 12.5. The van der Waals surface area contributed by atoms with E-state index in [9.17, 15) is 8.42 Å². The summed E-state index contributed by atoms with van der Waals surface area (Å²) in [7, 11) is -2.96. The average Bonchev–Trinajstić information content (AvgIpc) is 2.67. The van der Waals surface area contributed by atoms with Gasteiger partial charge < -0.3 is 5.32 Å². The summed E-state index contributed by atoms with van der Waals surface area (Å²) in [6, 6.07) is 0.645. The van der Waals surface area contributed by atoms with Gasteiger partial charge >= 0.3 is 0 Å². The predicted molar refractivity (Wildman–Crippen MR) is 73.1 cm³/mol. The van der Waals surface area contributed by atoms with Crippen molar-refractivity contribution in [2.45, 2.75) is 50.8 Å². The molecule has 4 unspecified atom stereocenters. The lowest BCUT2D eigenvalue weighted by atomic mass is 10.0. The highest BCUT2D eigenvalue weighted by atomic mass is 32.2. The quantitative estimate of drug-likeness (QED) is 0.848. The van der Waals surface area contributed by atoms with Gasteiger partial charge in [-0.15, -0.1) is 0 Å². The van der Waals surface area contributed by atoms with E-state index in [4.69, 9.17) is 0 Å². The van der Waals surface area contributed by atoms with Gasteiger partial charge in [0.15, 0.2) is 9.84 Å². The van der Waals surface area contributed by atoms with Crippen LogP contribution < -0.4 is 5.32 Å². The van der Waals surface area contributed by atoms with Gasteiger partial charge in [-0.1, -0.05) is 0 Å². The van der Waals surface area contributed by atoms with Crippen LogP contribution in [0.3, 0.4) is 0 Å². The molecule has 0 spiro atoms. The first-order chi connectivity index (χ1) is 8.31. The van der Waals surface area contributed by atoms with E-state index in [0.717, 1.165) is 23.7 Å². The molecule has 104 valence electrons. The van der Waals surface area contributed by atoms with E-state index in [2.05, 4.69) is 5.32 Å². The normalized spacial score (nSPS) is 42.1. The first-order valence-corrected chi connectivity index (χ1v) is 8.92. The van der Waals surface area contributed by atoms with Crippen molar-refractivity contribution in [1.82, 2.24) is 5.32 Å². The molecule has 0 heterocycles. The molecule has 3 saturated carbocycles. The van der Waals surface area contributed by atoms with Crippen LogP contribution in [0.25, 0.3) is 0 Å². The largest absolute Gasteiger partial charge is 0.312 e. The van der Waals surface area contributed by atoms with E-state index in [1.165, 1.54) is 19.3 Å². The van der Waals surface area contributed by atoms with Crippen molar-refractivity contribution in [3.8, 4) is 0 Å². The van der Waals surface area contributed by atoms with Crippen LogP contribution >= 0.6 is 0 Å². The Morgan fingerprint density at radius 3 is 2.17 bits per heavy atom. The number of fused-ring (bicyclic) bond motifs is 5. The van der Waals surface area contributed by atoms with Crippen LogP contribution in [0.1, 0.15) is 40.0 Å². The van der Waals surface area contributed by atoms with Gasteiger partial charge in [0.25, 0.3) is 0 Å². The second kappa shape index (κ2) is 3.95. The molecule has 2 bridgehead atoms. The van der Waals surface area contributed by atoms with Crippen molar-refractivity contribution >= 4 is 9.84 Å². The van der Waals surface area contributed by atoms with Crippen LogP contribution in [-0.4, -0.2) is 31.5 Å². The molecular weight excluding hydrogens is 246 g/mol. The summed E-state index contributed by atoms with van der Waals surface area (Å²) in [4.78, 5) is 0. The fourth-order valence-electron chi connectivity index (χ4n) is 4.26. The van der Waals surface area contributed by atoms with Gasteiger partial charge in [-0.3, -0.25) is 0 Å². The summed E-state index contributed by atoms with van der Waals surface area (Å²) in [5, 5.41) is 3.51. The SMILES string of the molecule is CC(C)(C)S(=O)(=O)CCNC1C2C3CCC(C3)C12. The predicted octanol–water partition coefficient (Wildman–Crippen LogP) is 1.83. The first kappa shape index (κ1) is 12.9. The average molecular weight is 271 g/mol. The highest BCUT2D eigenvalue weighted by Crippen LogP contribution is 2.65. The van der Waals surface area contributed by atoms with E-state index >= 15 is 0 Å². The molecule has 0 saturated heterocycles. The molecule has 0 aromatic carbocycles. The summed E-state index contributed by atoms with van der Waals surface area (Å²) in [5.41, 5.74) is 0. The third kappa shape index (κ3) is 1.92. The Labute approximate surface area is 111 Å². The molecule has 1 N–H and O–H groups in total. The van der Waals surface area contributed by atoms with Gasteiger partial charge in [0, 0.05) is 12.6 Å². The third-order valence-electron chi connectivity index (χ3n) is 5.42. The lowest BCUT2D eigenvalue weighted by molar-refractivity contribution is 0.456. The molecule has 0 aromatic rings. The van der Waals surface area contributed by atoms with Gasteiger partial charge in [0.1, 0.15) is 0 Å². The maximum absolute atomic E-state index is 12.0. The topological polar surface area (TPSA) is 46.2 Å². The minimum Gasteiger partial charge on any atom is -0.312 e. The minimum atomic E-state index is -2.96.